The predicted octanol–water partition coefficient (Wildman–Crippen LogP) is 1.65. The molecule has 1 spiro atoms. The summed E-state index contributed by atoms with van der Waals surface area (Å²) in [6, 6.07) is 1.63. The van der Waals surface area contributed by atoms with Gasteiger partial charge in [0.1, 0.15) is 5.02 Å². The van der Waals surface area contributed by atoms with E-state index < -0.39 is 0 Å². The van der Waals surface area contributed by atoms with Crippen molar-refractivity contribution in [2.45, 2.75) is 32.1 Å². The number of anilines is 1. The van der Waals surface area contributed by atoms with Gasteiger partial charge < -0.3 is 9.80 Å². The summed E-state index contributed by atoms with van der Waals surface area (Å²) in [7, 11) is 0. The molecule has 0 radical (unpaired) electrons. The highest BCUT2D eigenvalue weighted by molar-refractivity contribution is 6.30. The van der Waals surface area contributed by atoms with Crippen molar-refractivity contribution in [1.82, 2.24) is 15.1 Å². The number of halogens is 1. The van der Waals surface area contributed by atoms with Crippen LogP contribution in [-0.4, -0.2) is 47.2 Å². The van der Waals surface area contributed by atoms with Gasteiger partial charge in [-0.1, -0.05) is 11.6 Å². The molecule has 1 amide bonds. The van der Waals surface area contributed by atoms with Crippen LogP contribution in [0.3, 0.4) is 0 Å². The van der Waals surface area contributed by atoms with Crippen molar-refractivity contribution >= 4 is 23.3 Å². The van der Waals surface area contributed by atoms with Gasteiger partial charge in [0.15, 0.2) is 5.82 Å². The Morgan fingerprint density at radius 3 is 2.61 bits per heavy atom. The number of nitrogens with zero attached hydrogens (tertiary/aromatic N) is 3. The van der Waals surface area contributed by atoms with E-state index in [0.29, 0.717) is 11.8 Å². The van der Waals surface area contributed by atoms with Crippen LogP contribution in [0.1, 0.15) is 32.1 Å². The lowest BCUT2D eigenvalue weighted by Gasteiger charge is -2.39. The topological polar surface area (TPSA) is 69.3 Å². The monoisotopic (exact) mass is 336 g/mol. The molecular formula is C16H21ClN4O2. The van der Waals surface area contributed by atoms with Crippen molar-refractivity contribution in [3.63, 3.8) is 0 Å². The van der Waals surface area contributed by atoms with Gasteiger partial charge in [-0.05, 0) is 37.5 Å². The molecule has 4 rings (SSSR count). The molecule has 6 nitrogen and oxygen atoms in total. The minimum atomic E-state index is -0.353. The van der Waals surface area contributed by atoms with Crippen LogP contribution in [-0.2, 0) is 4.79 Å². The highest BCUT2D eigenvalue weighted by atomic mass is 35.5. The third-order valence-electron chi connectivity index (χ3n) is 5.57. The maximum Gasteiger partial charge on any atom is 0.283 e. The Morgan fingerprint density at radius 2 is 1.96 bits per heavy atom. The molecule has 1 aromatic rings. The Bertz CT molecular complexity index is 677. The number of H-pyrrole nitrogens is 1. The number of nitrogens with one attached hydrogen (secondary N) is 1. The van der Waals surface area contributed by atoms with Crippen molar-refractivity contribution < 1.29 is 4.79 Å². The van der Waals surface area contributed by atoms with E-state index in [2.05, 4.69) is 20.0 Å². The molecule has 2 saturated heterocycles. The minimum Gasteiger partial charge on any atom is -0.355 e. The fourth-order valence-corrected chi connectivity index (χ4v) is 4.00. The number of amides is 1. The first-order valence-electron chi connectivity index (χ1n) is 8.35. The molecule has 23 heavy (non-hydrogen) atoms. The summed E-state index contributed by atoms with van der Waals surface area (Å²) in [5.74, 6) is 1.42. The maximum atomic E-state index is 12.2. The third-order valence-corrected chi connectivity index (χ3v) is 5.85. The van der Waals surface area contributed by atoms with Gasteiger partial charge in [0, 0.05) is 38.2 Å². The molecule has 1 aromatic heterocycles. The summed E-state index contributed by atoms with van der Waals surface area (Å²) < 4.78 is 0. The molecule has 1 aliphatic carbocycles. The zero-order valence-corrected chi connectivity index (χ0v) is 13.8. The first-order valence-corrected chi connectivity index (χ1v) is 8.73. The van der Waals surface area contributed by atoms with Gasteiger partial charge in [0.25, 0.3) is 5.56 Å². The lowest BCUT2D eigenvalue weighted by Crippen LogP contribution is -2.43. The lowest BCUT2D eigenvalue weighted by molar-refractivity contribution is -0.131. The van der Waals surface area contributed by atoms with Gasteiger partial charge in [-0.25, -0.2) is 5.10 Å². The second-order valence-electron chi connectivity index (χ2n) is 7.17. The molecular weight excluding hydrogens is 316 g/mol. The molecule has 1 N–H and O–H groups in total. The van der Waals surface area contributed by atoms with Gasteiger partial charge in [-0.15, -0.1) is 0 Å². The molecule has 0 unspecified atom stereocenters. The molecule has 3 fully saturated rings. The predicted molar refractivity (Wildman–Crippen MR) is 87.7 cm³/mol. The van der Waals surface area contributed by atoms with E-state index in [4.69, 9.17) is 11.6 Å². The fraction of sp³-hybridized carbons (Fsp3) is 0.688. The second-order valence-corrected chi connectivity index (χ2v) is 7.58. The van der Waals surface area contributed by atoms with E-state index in [-0.39, 0.29) is 16.0 Å². The summed E-state index contributed by atoms with van der Waals surface area (Å²) >= 11 is 5.89. The normalized spacial score (nSPS) is 23.5. The zero-order valence-electron chi connectivity index (χ0n) is 13.1. The summed E-state index contributed by atoms with van der Waals surface area (Å²) in [6.45, 7) is 3.61. The van der Waals surface area contributed by atoms with E-state index in [9.17, 15) is 9.59 Å². The number of carbonyl (C=O) groups is 1. The molecule has 3 aliphatic rings. The van der Waals surface area contributed by atoms with E-state index in [1.54, 1.807) is 6.07 Å². The highest BCUT2D eigenvalue weighted by Crippen LogP contribution is 2.43. The van der Waals surface area contributed by atoms with Crippen LogP contribution < -0.4 is 10.5 Å². The van der Waals surface area contributed by atoms with E-state index in [0.717, 1.165) is 64.1 Å². The number of aromatic nitrogens is 2. The summed E-state index contributed by atoms with van der Waals surface area (Å²) in [4.78, 5) is 27.8. The van der Waals surface area contributed by atoms with Crippen LogP contribution in [0.5, 0.6) is 0 Å². The van der Waals surface area contributed by atoms with Crippen molar-refractivity contribution in [1.29, 1.82) is 0 Å². The summed E-state index contributed by atoms with van der Waals surface area (Å²) in [5.41, 5.74) is -0.0820. The van der Waals surface area contributed by atoms with Gasteiger partial charge >= 0.3 is 0 Å². The number of hydrogen-bond donors (Lipinski definition) is 1. The van der Waals surface area contributed by atoms with E-state index in [1.807, 2.05) is 0 Å². The van der Waals surface area contributed by atoms with Crippen LogP contribution in [0.15, 0.2) is 10.9 Å². The van der Waals surface area contributed by atoms with Gasteiger partial charge in [-0.2, -0.15) is 5.10 Å². The van der Waals surface area contributed by atoms with Crippen LogP contribution in [0.4, 0.5) is 5.82 Å². The summed E-state index contributed by atoms with van der Waals surface area (Å²) in [6.07, 6.45) is 5.38. The minimum absolute atomic E-state index is 0.178. The number of carbonyl (C=O) groups excluding carboxylic acids is 1. The standard InChI is InChI=1S/C16H21ClN4O2/c17-12-9-13(18-19-14(12)22)20-6-3-16(4-7-20)5-8-21(10-16)15(23)11-1-2-11/h9,11H,1-8,10H2,(H,19,22). The van der Waals surface area contributed by atoms with Crippen molar-refractivity contribution in [3.05, 3.63) is 21.4 Å². The highest BCUT2D eigenvalue weighted by Gasteiger charge is 2.44. The van der Waals surface area contributed by atoms with Gasteiger partial charge in [0.2, 0.25) is 5.91 Å². The Kier molecular flexibility index (Phi) is 3.59. The number of piperidine rings is 1. The SMILES string of the molecule is O=C(C1CC1)N1CCC2(CCN(c3cc(Cl)c(=O)[nH]n3)CC2)C1. The average Bonchev–Trinajstić information content (AvgIpc) is 3.33. The summed E-state index contributed by atoms with van der Waals surface area (Å²) in [5, 5.41) is 6.71. The van der Waals surface area contributed by atoms with Crippen molar-refractivity contribution in [3.8, 4) is 0 Å². The van der Waals surface area contributed by atoms with Crippen LogP contribution in [0.2, 0.25) is 5.02 Å². The number of likely N-dealkylation sites (tertiary alicyclic amines) is 1. The van der Waals surface area contributed by atoms with Crippen LogP contribution in [0.25, 0.3) is 0 Å². The molecule has 0 aromatic carbocycles. The van der Waals surface area contributed by atoms with Gasteiger partial charge in [0.05, 0.1) is 0 Å². The van der Waals surface area contributed by atoms with Crippen LogP contribution in [0, 0.1) is 11.3 Å². The zero-order chi connectivity index (χ0) is 16.0. The quantitative estimate of drug-likeness (QED) is 0.891. The fourth-order valence-electron chi connectivity index (χ4n) is 3.86. The third kappa shape index (κ3) is 2.84. The number of aromatic amines is 1. The molecule has 0 atom stereocenters. The van der Waals surface area contributed by atoms with Crippen LogP contribution >= 0.6 is 11.6 Å². The Labute approximate surface area is 139 Å². The number of rotatable bonds is 2. The second kappa shape index (κ2) is 5.51. The maximum absolute atomic E-state index is 12.2. The molecule has 0 bridgehead atoms. The van der Waals surface area contributed by atoms with Gasteiger partial charge in [-0.3, -0.25) is 9.59 Å². The molecule has 2 aliphatic heterocycles. The molecule has 1 saturated carbocycles. The van der Waals surface area contributed by atoms with E-state index >= 15 is 0 Å². The Balaban J connectivity index is 1.40. The molecule has 7 heteroatoms. The van der Waals surface area contributed by atoms with E-state index in [1.165, 1.54) is 0 Å². The molecule has 124 valence electrons. The smallest absolute Gasteiger partial charge is 0.283 e. The van der Waals surface area contributed by atoms with Crippen molar-refractivity contribution in [2.24, 2.45) is 11.3 Å². The largest absolute Gasteiger partial charge is 0.355 e. The Hall–Kier alpha value is -1.56. The average molecular weight is 337 g/mol. The molecule has 3 heterocycles. The Morgan fingerprint density at radius 1 is 1.26 bits per heavy atom. The first kappa shape index (κ1) is 15.0. The number of hydrogen-bond acceptors (Lipinski definition) is 4. The lowest BCUT2D eigenvalue weighted by atomic mass is 9.78. The van der Waals surface area contributed by atoms with Crippen molar-refractivity contribution in [2.75, 3.05) is 31.1 Å². The first-order chi connectivity index (χ1) is 11.1.